The summed E-state index contributed by atoms with van der Waals surface area (Å²) in [7, 11) is 3.17. The maximum atomic E-state index is 12.7. The van der Waals surface area contributed by atoms with Gasteiger partial charge < -0.3 is 9.47 Å². The van der Waals surface area contributed by atoms with Crippen LogP contribution in [-0.2, 0) is 4.79 Å². The number of anilines is 1. The van der Waals surface area contributed by atoms with Gasteiger partial charge in [-0.2, -0.15) is 0 Å². The second kappa shape index (κ2) is 8.01. The van der Waals surface area contributed by atoms with E-state index in [0.717, 1.165) is 15.8 Å². The molecule has 0 aliphatic heterocycles. The van der Waals surface area contributed by atoms with Gasteiger partial charge in [0.2, 0.25) is 0 Å². The number of ether oxygens (including phenoxy) is 2. The molecule has 0 radical (unpaired) electrons. The summed E-state index contributed by atoms with van der Waals surface area (Å²) in [6, 6.07) is 13.4. The van der Waals surface area contributed by atoms with Crippen molar-refractivity contribution in [2.24, 2.45) is 0 Å². The summed E-state index contributed by atoms with van der Waals surface area (Å²) in [5, 5.41) is 0.695. The van der Waals surface area contributed by atoms with Crippen molar-refractivity contribution < 1.29 is 14.3 Å². The smallest absolute Gasteiger partial charge is 0.252 e. The van der Waals surface area contributed by atoms with E-state index in [1.807, 2.05) is 49.4 Å². The van der Waals surface area contributed by atoms with Gasteiger partial charge in [0.1, 0.15) is 0 Å². The Morgan fingerprint density at radius 1 is 1.15 bits per heavy atom. The van der Waals surface area contributed by atoms with Crippen LogP contribution in [0.1, 0.15) is 12.5 Å². The Bertz CT molecular complexity index is 916. The number of likely N-dealkylation sites (N-methyl/N-ethyl adjacent to an activating group) is 1. The van der Waals surface area contributed by atoms with Crippen LogP contribution in [-0.4, -0.2) is 31.7 Å². The molecule has 0 aliphatic rings. The van der Waals surface area contributed by atoms with E-state index in [4.69, 9.17) is 9.47 Å². The maximum Gasteiger partial charge on any atom is 0.252 e. The number of rotatable bonds is 6. The number of amides is 1. The third-order valence-electron chi connectivity index (χ3n) is 3.93. The second-order valence-electron chi connectivity index (χ2n) is 5.46. The lowest BCUT2D eigenvalue weighted by molar-refractivity contribution is -0.114. The normalized spacial score (nSPS) is 11.0. The molecular weight excluding hydrogens is 348 g/mol. The highest BCUT2D eigenvalue weighted by Crippen LogP contribution is 2.32. The van der Waals surface area contributed by atoms with E-state index in [2.05, 4.69) is 4.98 Å². The molecule has 1 aromatic heterocycles. The zero-order valence-corrected chi connectivity index (χ0v) is 15.7. The Kier molecular flexibility index (Phi) is 5.53. The largest absolute Gasteiger partial charge is 0.493 e. The second-order valence-corrected chi connectivity index (χ2v) is 6.47. The van der Waals surface area contributed by atoms with E-state index in [1.54, 1.807) is 25.2 Å². The van der Waals surface area contributed by atoms with E-state index >= 15 is 0 Å². The average Bonchev–Trinajstić information content (AvgIpc) is 3.10. The van der Waals surface area contributed by atoms with Crippen molar-refractivity contribution in [1.29, 1.82) is 0 Å². The summed E-state index contributed by atoms with van der Waals surface area (Å²) >= 11 is 1.51. The minimum Gasteiger partial charge on any atom is -0.493 e. The average molecular weight is 368 g/mol. The first-order chi connectivity index (χ1) is 12.7. The molecule has 26 heavy (non-hydrogen) atoms. The first-order valence-corrected chi connectivity index (χ1v) is 9.05. The summed E-state index contributed by atoms with van der Waals surface area (Å²) in [4.78, 5) is 18.9. The summed E-state index contributed by atoms with van der Waals surface area (Å²) < 4.78 is 11.8. The monoisotopic (exact) mass is 368 g/mol. The van der Waals surface area contributed by atoms with Gasteiger partial charge >= 0.3 is 0 Å². The summed E-state index contributed by atoms with van der Waals surface area (Å²) in [5.41, 5.74) is 1.68. The first kappa shape index (κ1) is 17.9. The molecule has 0 bridgehead atoms. The molecular formula is C20H20N2O3S. The number of thiazole rings is 1. The number of carbonyl (C=O) groups is 1. The number of carbonyl (C=O) groups excluding carboxylic acids is 1. The van der Waals surface area contributed by atoms with E-state index in [1.165, 1.54) is 17.4 Å². The van der Waals surface area contributed by atoms with Gasteiger partial charge in [-0.3, -0.25) is 9.69 Å². The molecule has 0 unspecified atom stereocenters. The molecule has 0 aliphatic carbocycles. The summed E-state index contributed by atoms with van der Waals surface area (Å²) in [6.45, 7) is 2.47. The number of nitrogens with zero attached hydrogens (tertiary/aromatic N) is 2. The van der Waals surface area contributed by atoms with Crippen LogP contribution in [0, 0.1) is 0 Å². The van der Waals surface area contributed by atoms with Crippen LogP contribution in [0.15, 0.2) is 48.5 Å². The lowest BCUT2D eigenvalue weighted by Gasteiger charge is -2.15. The number of benzene rings is 2. The number of hydrogen-bond acceptors (Lipinski definition) is 5. The maximum absolute atomic E-state index is 12.7. The fourth-order valence-electron chi connectivity index (χ4n) is 2.66. The molecule has 3 aromatic rings. The quantitative estimate of drug-likeness (QED) is 0.606. The molecule has 0 spiro atoms. The molecule has 2 aromatic carbocycles. The van der Waals surface area contributed by atoms with E-state index in [-0.39, 0.29) is 5.91 Å². The molecule has 0 saturated heterocycles. The van der Waals surface area contributed by atoms with Gasteiger partial charge in [-0.15, -0.1) is 0 Å². The molecule has 0 saturated carbocycles. The molecule has 3 rings (SSSR count). The zero-order valence-electron chi connectivity index (χ0n) is 14.9. The SMILES string of the molecule is CCN(C(=O)/C=C/c1cccc(OC)c1OC)c1nc2ccccc2s1. The highest BCUT2D eigenvalue weighted by atomic mass is 32.1. The lowest BCUT2D eigenvalue weighted by atomic mass is 10.1. The van der Waals surface area contributed by atoms with Gasteiger partial charge in [0.15, 0.2) is 16.6 Å². The Balaban J connectivity index is 1.87. The standard InChI is InChI=1S/C20H20N2O3S/c1-4-22(20-21-15-9-5-6-11-17(15)26-20)18(23)13-12-14-8-7-10-16(24-2)19(14)25-3/h5-13H,4H2,1-3H3/b13-12+. The van der Waals surface area contributed by atoms with Crippen LogP contribution in [0.4, 0.5) is 5.13 Å². The van der Waals surface area contributed by atoms with Crippen LogP contribution in [0.5, 0.6) is 11.5 Å². The zero-order chi connectivity index (χ0) is 18.5. The Morgan fingerprint density at radius 2 is 1.96 bits per heavy atom. The molecule has 1 amide bonds. The highest BCUT2D eigenvalue weighted by molar-refractivity contribution is 7.22. The van der Waals surface area contributed by atoms with E-state index < -0.39 is 0 Å². The van der Waals surface area contributed by atoms with Crippen molar-refractivity contribution in [2.75, 3.05) is 25.7 Å². The predicted octanol–water partition coefficient (Wildman–Crippen LogP) is 4.38. The lowest BCUT2D eigenvalue weighted by Crippen LogP contribution is -2.28. The van der Waals surface area contributed by atoms with Gasteiger partial charge in [-0.05, 0) is 31.2 Å². The van der Waals surface area contributed by atoms with Crippen LogP contribution < -0.4 is 14.4 Å². The van der Waals surface area contributed by atoms with Crippen molar-refractivity contribution in [3.8, 4) is 11.5 Å². The van der Waals surface area contributed by atoms with Crippen LogP contribution >= 0.6 is 11.3 Å². The van der Waals surface area contributed by atoms with E-state index in [0.29, 0.717) is 23.2 Å². The van der Waals surface area contributed by atoms with Crippen molar-refractivity contribution in [2.45, 2.75) is 6.92 Å². The third-order valence-corrected chi connectivity index (χ3v) is 4.99. The molecule has 6 heteroatoms. The molecule has 0 atom stereocenters. The van der Waals surface area contributed by atoms with Gasteiger partial charge in [-0.1, -0.05) is 35.6 Å². The number of aromatic nitrogens is 1. The van der Waals surface area contributed by atoms with Crippen LogP contribution in [0.3, 0.4) is 0 Å². The van der Waals surface area contributed by atoms with Crippen molar-refractivity contribution in [3.05, 3.63) is 54.1 Å². The topological polar surface area (TPSA) is 51.7 Å². The van der Waals surface area contributed by atoms with Crippen molar-refractivity contribution in [3.63, 3.8) is 0 Å². The van der Waals surface area contributed by atoms with Gasteiger partial charge in [-0.25, -0.2) is 4.98 Å². The number of fused-ring (bicyclic) bond motifs is 1. The molecule has 5 nitrogen and oxygen atoms in total. The Morgan fingerprint density at radius 3 is 2.65 bits per heavy atom. The molecule has 0 fully saturated rings. The van der Waals surface area contributed by atoms with Gasteiger partial charge in [0.25, 0.3) is 5.91 Å². The fourth-order valence-corrected chi connectivity index (χ4v) is 3.69. The van der Waals surface area contributed by atoms with Gasteiger partial charge in [0, 0.05) is 18.2 Å². The first-order valence-electron chi connectivity index (χ1n) is 8.24. The molecule has 1 heterocycles. The minimum absolute atomic E-state index is 0.128. The third kappa shape index (κ3) is 3.55. The Labute approximate surface area is 156 Å². The number of para-hydroxylation sites is 2. The van der Waals surface area contributed by atoms with Crippen molar-refractivity contribution in [1.82, 2.24) is 4.98 Å². The van der Waals surface area contributed by atoms with Crippen LogP contribution in [0.2, 0.25) is 0 Å². The van der Waals surface area contributed by atoms with Crippen molar-refractivity contribution >= 4 is 38.7 Å². The van der Waals surface area contributed by atoms with Gasteiger partial charge in [0.05, 0.1) is 24.4 Å². The summed E-state index contributed by atoms with van der Waals surface area (Å²) in [6.07, 6.45) is 3.27. The Hall–Kier alpha value is -2.86. The van der Waals surface area contributed by atoms with E-state index in [9.17, 15) is 4.79 Å². The highest BCUT2D eigenvalue weighted by Gasteiger charge is 2.16. The predicted molar refractivity (Wildman–Crippen MR) is 106 cm³/mol. The summed E-state index contributed by atoms with van der Waals surface area (Å²) in [5.74, 6) is 1.10. The molecule has 0 N–H and O–H groups in total. The molecule has 134 valence electrons. The fraction of sp³-hybridized carbons (Fsp3) is 0.200. The van der Waals surface area contributed by atoms with Crippen LogP contribution in [0.25, 0.3) is 16.3 Å². The minimum atomic E-state index is -0.128. The number of hydrogen-bond donors (Lipinski definition) is 0. The number of methoxy groups -OCH3 is 2.